The van der Waals surface area contributed by atoms with Crippen molar-refractivity contribution < 1.29 is 22.0 Å². The Morgan fingerprint density at radius 1 is 0.881 bits per heavy atom. The average molecular weight is 600 g/mol. The molecule has 0 radical (unpaired) electrons. The molecule has 1 atom stereocenters. The summed E-state index contributed by atoms with van der Waals surface area (Å²) in [5.74, 6) is 2.41. The molecule has 1 saturated heterocycles. The monoisotopic (exact) mass is 599 g/mol. The second kappa shape index (κ2) is 12.8. The molecule has 1 fully saturated rings. The minimum absolute atomic E-state index is 0.290. The van der Waals surface area contributed by atoms with Crippen LogP contribution >= 0.6 is 7.26 Å². The second-order valence-electron chi connectivity index (χ2n) is 9.68. The molecule has 0 N–H and O–H groups in total. The molecule has 2 bridgehead atoms. The topological polar surface area (TPSA) is 103 Å². The third kappa shape index (κ3) is 6.35. The van der Waals surface area contributed by atoms with Crippen LogP contribution in [0.25, 0.3) is 5.57 Å². The number of fused-ring (bicyclic) bond motifs is 2. The maximum atomic E-state index is 11.9. The number of urea groups is 1. The zero-order valence-corrected chi connectivity index (χ0v) is 24.6. The maximum Gasteiger partial charge on any atom is 0.346 e. The molecule has 3 aromatic carbocycles. The van der Waals surface area contributed by atoms with Crippen molar-refractivity contribution in [3.05, 3.63) is 139 Å². The number of pyridine rings is 1. The molecule has 0 aliphatic carbocycles. The van der Waals surface area contributed by atoms with E-state index < -0.39 is 29.7 Å². The van der Waals surface area contributed by atoms with Crippen LogP contribution in [0.4, 0.5) is 4.79 Å². The molecule has 6 rings (SSSR count). The maximum absolute atomic E-state index is 11.9. The number of benzene rings is 3. The highest BCUT2D eigenvalue weighted by molar-refractivity contribution is 7.98. The van der Waals surface area contributed by atoms with Gasteiger partial charge in [-0.25, -0.2) is 13.2 Å². The molecule has 1 aromatic heterocycles. The van der Waals surface area contributed by atoms with Gasteiger partial charge in [0.25, 0.3) is 0 Å². The molecule has 4 aromatic rings. The molecule has 1 unspecified atom stereocenters. The summed E-state index contributed by atoms with van der Waals surface area (Å²) in [6, 6.07) is 35.0. The minimum Gasteiger partial charge on any atom is -0.724 e. The van der Waals surface area contributed by atoms with E-state index in [0.29, 0.717) is 11.6 Å². The first-order valence-electron chi connectivity index (χ1n) is 13.4. The standard InChI is InChI=1S/C21H20P.C11H11N3O5S/c1-2-18-22(19-12-6-3-7-13-19,20-14-8-4-9-15-20)21-16-10-5-11-17-21;15-11-13-6-9(8-2-1-3-12-5-8)4-10(7-13)14(11)19-20(16,17)18/h2-18H,1H3;1-5,10H,6-7H2,(H,16,17,18)/q+1;/p-1. The molecule has 3 heterocycles. The van der Waals surface area contributed by atoms with E-state index in [1.54, 1.807) is 24.5 Å². The van der Waals surface area contributed by atoms with Crippen LogP contribution in [0.5, 0.6) is 0 Å². The zero-order valence-electron chi connectivity index (χ0n) is 22.9. The van der Waals surface area contributed by atoms with Crippen LogP contribution in [0, 0.1) is 0 Å². The fourth-order valence-electron chi connectivity index (χ4n) is 5.25. The molecule has 10 heteroatoms. The Bertz CT molecular complexity index is 1570. The largest absolute Gasteiger partial charge is 0.724 e. The van der Waals surface area contributed by atoms with Gasteiger partial charge in [-0.3, -0.25) is 4.98 Å². The number of hydrogen-bond acceptors (Lipinski definition) is 6. The first kappa shape index (κ1) is 29.4. The van der Waals surface area contributed by atoms with Crippen LogP contribution in [-0.4, -0.2) is 53.1 Å². The number of hydroxylamine groups is 2. The SMILES string of the molecule is CC=C[P+](c1ccccc1)(c1ccccc1)c1ccccc1.O=C1N2CC(c3cccnc3)=CC(C2)N1OS(=O)(=O)[O-]. The average Bonchev–Trinajstić information content (AvgIpc) is 3.23. The van der Waals surface area contributed by atoms with Crippen molar-refractivity contribution in [1.82, 2.24) is 14.9 Å². The Morgan fingerprint density at radius 3 is 1.88 bits per heavy atom. The van der Waals surface area contributed by atoms with Gasteiger partial charge >= 0.3 is 6.03 Å². The van der Waals surface area contributed by atoms with Crippen molar-refractivity contribution in [3.63, 3.8) is 0 Å². The first-order chi connectivity index (χ1) is 20.3. The van der Waals surface area contributed by atoms with E-state index in [2.05, 4.69) is 119 Å². The molecule has 8 nitrogen and oxygen atoms in total. The van der Waals surface area contributed by atoms with Gasteiger partial charge < -0.3 is 9.45 Å². The van der Waals surface area contributed by atoms with Crippen molar-refractivity contribution >= 4 is 45.2 Å². The lowest BCUT2D eigenvalue weighted by atomic mass is 10.0. The van der Waals surface area contributed by atoms with Crippen LogP contribution in [0.15, 0.2) is 133 Å². The lowest BCUT2D eigenvalue weighted by molar-refractivity contribution is -0.0195. The van der Waals surface area contributed by atoms with E-state index in [1.165, 1.54) is 20.8 Å². The van der Waals surface area contributed by atoms with Gasteiger partial charge in [0.15, 0.2) is 0 Å². The summed E-state index contributed by atoms with van der Waals surface area (Å²) in [5.41, 5.74) is 1.67. The Kier molecular flexibility index (Phi) is 8.94. The fraction of sp³-hybridized carbons (Fsp3) is 0.125. The van der Waals surface area contributed by atoms with Crippen LogP contribution < -0.4 is 15.9 Å². The molecule has 0 spiro atoms. The summed E-state index contributed by atoms with van der Waals surface area (Å²) in [6.07, 6.45) is 7.19. The first-order valence-corrected chi connectivity index (χ1v) is 16.5. The molecule has 2 aliphatic rings. The number of aromatic nitrogens is 1. The van der Waals surface area contributed by atoms with Gasteiger partial charge in [-0.15, -0.1) is 0 Å². The van der Waals surface area contributed by atoms with E-state index in [1.807, 2.05) is 6.07 Å². The van der Waals surface area contributed by atoms with Crippen molar-refractivity contribution in [2.45, 2.75) is 13.0 Å². The number of carbonyl (C=O) groups excluding carboxylic acids is 1. The molecule has 2 aliphatic heterocycles. The Hall–Kier alpha value is -4.14. The van der Waals surface area contributed by atoms with E-state index in [4.69, 9.17) is 0 Å². The number of nitrogens with zero attached hydrogens (tertiary/aromatic N) is 3. The van der Waals surface area contributed by atoms with Gasteiger partial charge in [-0.05, 0) is 60.5 Å². The van der Waals surface area contributed by atoms with E-state index >= 15 is 0 Å². The lowest BCUT2D eigenvalue weighted by Crippen LogP contribution is -2.35. The quantitative estimate of drug-likeness (QED) is 0.176. The fourth-order valence-corrected chi connectivity index (χ4v) is 9.40. The summed E-state index contributed by atoms with van der Waals surface area (Å²) in [6.45, 7) is 2.72. The third-order valence-corrected chi connectivity index (χ3v) is 11.4. The Morgan fingerprint density at radius 2 is 1.43 bits per heavy atom. The van der Waals surface area contributed by atoms with Crippen molar-refractivity contribution in [3.8, 4) is 0 Å². The molecule has 2 amide bonds. The number of amides is 2. The highest BCUT2D eigenvalue weighted by Crippen LogP contribution is 2.56. The van der Waals surface area contributed by atoms with Crippen molar-refractivity contribution in [2.75, 3.05) is 13.1 Å². The minimum atomic E-state index is -4.97. The van der Waals surface area contributed by atoms with Crippen LogP contribution in [-0.2, 0) is 14.7 Å². The lowest BCUT2D eigenvalue weighted by Gasteiger charge is -2.23. The molecular formula is C32H30N3O5PS. The highest BCUT2D eigenvalue weighted by atomic mass is 32.3. The number of rotatable bonds is 7. The van der Waals surface area contributed by atoms with Crippen LogP contribution in [0.2, 0.25) is 0 Å². The highest BCUT2D eigenvalue weighted by Gasteiger charge is 2.43. The molecule has 214 valence electrons. The summed E-state index contributed by atoms with van der Waals surface area (Å²) in [5, 5.41) is 4.78. The van der Waals surface area contributed by atoms with Gasteiger partial charge in [-0.2, -0.15) is 9.35 Å². The predicted octanol–water partition coefficient (Wildman–Crippen LogP) is 4.49. The summed E-state index contributed by atoms with van der Waals surface area (Å²) < 4.78 is 36.2. The second-order valence-corrected chi connectivity index (χ2v) is 13.9. The van der Waals surface area contributed by atoms with Crippen molar-refractivity contribution in [1.29, 1.82) is 0 Å². The molecular weight excluding hydrogens is 569 g/mol. The Balaban J connectivity index is 0.000000169. The Labute approximate surface area is 246 Å². The summed E-state index contributed by atoms with van der Waals surface area (Å²) in [7, 11) is -6.71. The smallest absolute Gasteiger partial charge is 0.346 e. The van der Waals surface area contributed by atoms with E-state index in [-0.39, 0.29) is 6.54 Å². The van der Waals surface area contributed by atoms with E-state index in [0.717, 1.165) is 11.1 Å². The van der Waals surface area contributed by atoms with Crippen molar-refractivity contribution in [2.24, 2.45) is 0 Å². The van der Waals surface area contributed by atoms with Gasteiger partial charge in [0, 0.05) is 25.5 Å². The number of carbonyl (C=O) groups is 1. The molecule has 42 heavy (non-hydrogen) atoms. The number of allylic oxidation sites excluding steroid dienone is 1. The van der Waals surface area contributed by atoms with Gasteiger partial charge in [0.1, 0.15) is 23.2 Å². The van der Waals surface area contributed by atoms with E-state index in [9.17, 15) is 17.8 Å². The van der Waals surface area contributed by atoms with Gasteiger partial charge in [-0.1, -0.05) is 72.8 Å². The zero-order chi connectivity index (χ0) is 29.6. The third-order valence-electron chi connectivity index (χ3n) is 6.99. The van der Waals surface area contributed by atoms with Crippen LogP contribution in [0.3, 0.4) is 0 Å². The number of hydrogen-bond donors (Lipinski definition) is 0. The normalized spacial score (nSPS) is 16.7. The van der Waals surface area contributed by atoms with Gasteiger partial charge in [0.2, 0.25) is 10.4 Å². The molecule has 0 saturated carbocycles. The van der Waals surface area contributed by atoms with Gasteiger partial charge in [0.05, 0.1) is 11.9 Å². The summed E-state index contributed by atoms with van der Waals surface area (Å²) >= 11 is 0. The summed E-state index contributed by atoms with van der Waals surface area (Å²) in [4.78, 5) is 17.3. The predicted molar refractivity (Wildman–Crippen MR) is 166 cm³/mol. The van der Waals surface area contributed by atoms with Crippen LogP contribution in [0.1, 0.15) is 12.5 Å².